The topological polar surface area (TPSA) is 83.6 Å². The van der Waals surface area contributed by atoms with Gasteiger partial charge < -0.3 is 15.7 Å². The molecule has 24 heavy (non-hydrogen) atoms. The number of carbonyl (C=O) groups excluding carboxylic acids is 2. The standard InChI is InChI=1S/C19H22N2O3/c1-3-21(4-2)17(22)14-10-12-16(13-11-14)19(24,18(20)23)15-8-6-5-7-9-15/h5-13,24H,3-4H2,1-2H3,(H2,20,23). The summed E-state index contributed by atoms with van der Waals surface area (Å²) in [6.45, 7) is 5.06. The van der Waals surface area contributed by atoms with Crippen LogP contribution < -0.4 is 5.73 Å². The van der Waals surface area contributed by atoms with E-state index in [1.807, 2.05) is 13.8 Å². The number of rotatable bonds is 6. The molecule has 1 atom stereocenters. The predicted octanol–water partition coefficient (Wildman–Crippen LogP) is 1.89. The molecule has 0 heterocycles. The molecule has 0 aromatic heterocycles. The zero-order valence-corrected chi connectivity index (χ0v) is 13.9. The van der Waals surface area contributed by atoms with Crippen molar-refractivity contribution >= 4 is 11.8 Å². The Morgan fingerprint density at radius 3 is 1.92 bits per heavy atom. The molecular weight excluding hydrogens is 304 g/mol. The number of nitrogens with zero attached hydrogens (tertiary/aromatic N) is 1. The first-order valence-corrected chi connectivity index (χ1v) is 7.92. The third-order valence-electron chi connectivity index (χ3n) is 4.15. The van der Waals surface area contributed by atoms with E-state index < -0.39 is 11.5 Å². The van der Waals surface area contributed by atoms with Gasteiger partial charge in [0.2, 0.25) is 0 Å². The number of amides is 2. The van der Waals surface area contributed by atoms with Crippen LogP contribution in [0.2, 0.25) is 0 Å². The van der Waals surface area contributed by atoms with Crippen molar-refractivity contribution in [2.75, 3.05) is 13.1 Å². The van der Waals surface area contributed by atoms with Gasteiger partial charge in [0.05, 0.1) is 0 Å². The van der Waals surface area contributed by atoms with Crippen LogP contribution in [0.5, 0.6) is 0 Å². The molecule has 0 saturated heterocycles. The molecule has 2 amide bonds. The van der Waals surface area contributed by atoms with Crippen molar-refractivity contribution in [3.8, 4) is 0 Å². The summed E-state index contributed by atoms with van der Waals surface area (Å²) in [5, 5.41) is 10.9. The first-order valence-electron chi connectivity index (χ1n) is 7.92. The highest BCUT2D eigenvalue weighted by Gasteiger charge is 2.38. The van der Waals surface area contributed by atoms with Gasteiger partial charge in [-0.05, 0) is 37.1 Å². The van der Waals surface area contributed by atoms with Gasteiger partial charge in [0.15, 0.2) is 5.60 Å². The van der Waals surface area contributed by atoms with Gasteiger partial charge in [0.1, 0.15) is 0 Å². The normalized spacial score (nSPS) is 13.1. The van der Waals surface area contributed by atoms with Gasteiger partial charge in [-0.25, -0.2) is 0 Å². The summed E-state index contributed by atoms with van der Waals surface area (Å²) >= 11 is 0. The van der Waals surface area contributed by atoms with E-state index in [2.05, 4.69) is 0 Å². The minimum Gasteiger partial charge on any atom is -0.372 e. The second-order valence-electron chi connectivity index (χ2n) is 5.50. The molecule has 1 unspecified atom stereocenters. The highest BCUT2D eigenvalue weighted by molar-refractivity contribution is 5.95. The highest BCUT2D eigenvalue weighted by atomic mass is 16.3. The third-order valence-corrected chi connectivity index (χ3v) is 4.15. The highest BCUT2D eigenvalue weighted by Crippen LogP contribution is 2.29. The summed E-state index contributed by atoms with van der Waals surface area (Å²) in [6, 6.07) is 14.8. The fourth-order valence-corrected chi connectivity index (χ4v) is 2.68. The van der Waals surface area contributed by atoms with Crippen LogP contribution in [0, 0.1) is 0 Å². The van der Waals surface area contributed by atoms with Gasteiger partial charge in [0, 0.05) is 18.7 Å². The summed E-state index contributed by atoms with van der Waals surface area (Å²) in [4.78, 5) is 26.0. The minimum absolute atomic E-state index is 0.0890. The van der Waals surface area contributed by atoms with Crippen LogP contribution in [0.1, 0.15) is 35.3 Å². The van der Waals surface area contributed by atoms with Gasteiger partial charge in [-0.3, -0.25) is 9.59 Å². The van der Waals surface area contributed by atoms with Crippen molar-refractivity contribution in [1.82, 2.24) is 4.90 Å². The number of aliphatic hydroxyl groups is 1. The number of carbonyl (C=O) groups is 2. The summed E-state index contributed by atoms with van der Waals surface area (Å²) in [5.41, 5.74) is 4.75. The molecule has 0 aliphatic carbocycles. The average Bonchev–Trinajstić information content (AvgIpc) is 2.62. The first kappa shape index (κ1) is 17.7. The van der Waals surface area contributed by atoms with E-state index in [1.54, 1.807) is 59.5 Å². The van der Waals surface area contributed by atoms with Crippen LogP contribution in [0.25, 0.3) is 0 Å². The molecule has 2 aromatic rings. The Bertz CT molecular complexity index is 709. The summed E-state index contributed by atoms with van der Waals surface area (Å²) < 4.78 is 0. The maximum atomic E-state index is 12.3. The van der Waals surface area contributed by atoms with Gasteiger partial charge in [-0.2, -0.15) is 0 Å². The Hall–Kier alpha value is -2.66. The van der Waals surface area contributed by atoms with Crippen molar-refractivity contribution in [1.29, 1.82) is 0 Å². The monoisotopic (exact) mass is 326 g/mol. The Morgan fingerprint density at radius 1 is 0.958 bits per heavy atom. The molecule has 0 aliphatic heterocycles. The molecule has 0 bridgehead atoms. The molecule has 5 nitrogen and oxygen atoms in total. The Labute approximate surface area is 141 Å². The lowest BCUT2D eigenvalue weighted by molar-refractivity contribution is -0.133. The second-order valence-corrected chi connectivity index (χ2v) is 5.50. The molecule has 5 heteroatoms. The molecule has 2 rings (SSSR count). The summed E-state index contributed by atoms with van der Waals surface area (Å²) in [5.74, 6) is -0.953. The molecule has 0 saturated carbocycles. The summed E-state index contributed by atoms with van der Waals surface area (Å²) in [7, 11) is 0. The van der Waals surface area contributed by atoms with E-state index in [0.717, 1.165) is 0 Å². The van der Waals surface area contributed by atoms with Crippen molar-refractivity contribution in [3.05, 3.63) is 71.3 Å². The molecule has 0 aliphatic rings. The van der Waals surface area contributed by atoms with Gasteiger partial charge in [0.25, 0.3) is 11.8 Å². The number of hydrogen-bond acceptors (Lipinski definition) is 3. The van der Waals surface area contributed by atoms with E-state index in [1.165, 1.54) is 0 Å². The van der Waals surface area contributed by atoms with Crippen molar-refractivity contribution < 1.29 is 14.7 Å². The maximum absolute atomic E-state index is 12.3. The number of nitrogens with two attached hydrogens (primary N) is 1. The van der Waals surface area contributed by atoms with Crippen LogP contribution in [-0.4, -0.2) is 34.9 Å². The Morgan fingerprint density at radius 2 is 1.46 bits per heavy atom. The third kappa shape index (κ3) is 3.16. The lowest BCUT2D eigenvalue weighted by Gasteiger charge is -2.26. The predicted molar refractivity (Wildman–Crippen MR) is 92.3 cm³/mol. The Kier molecular flexibility index (Phi) is 5.36. The largest absolute Gasteiger partial charge is 0.372 e. The van der Waals surface area contributed by atoms with E-state index >= 15 is 0 Å². The zero-order valence-electron chi connectivity index (χ0n) is 13.9. The minimum atomic E-state index is -1.93. The van der Waals surface area contributed by atoms with Crippen molar-refractivity contribution in [2.45, 2.75) is 19.4 Å². The van der Waals surface area contributed by atoms with E-state index in [4.69, 9.17) is 5.73 Å². The maximum Gasteiger partial charge on any atom is 0.258 e. The SMILES string of the molecule is CCN(CC)C(=O)c1ccc(C(O)(C(N)=O)c2ccccc2)cc1. The number of hydrogen-bond donors (Lipinski definition) is 2. The molecule has 0 fully saturated rings. The van der Waals surface area contributed by atoms with Gasteiger partial charge in [-0.15, -0.1) is 0 Å². The van der Waals surface area contributed by atoms with Crippen LogP contribution >= 0.6 is 0 Å². The van der Waals surface area contributed by atoms with Gasteiger partial charge >= 0.3 is 0 Å². The lowest BCUT2D eigenvalue weighted by Crippen LogP contribution is -2.42. The van der Waals surface area contributed by atoms with E-state index in [0.29, 0.717) is 29.8 Å². The fourth-order valence-electron chi connectivity index (χ4n) is 2.68. The van der Waals surface area contributed by atoms with E-state index in [9.17, 15) is 14.7 Å². The molecule has 126 valence electrons. The molecule has 0 spiro atoms. The van der Waals surface area contributed by atoms with Crippen molar-refractivity contribution in [3.63, 3.8) is 0 Å². The van der Waals surface area contributed by atoms with Gasteiger partial charge in [-0.1, -0.05) is 42.5 Å². The molecule has 3 N–H and O–H groups in total. The molecular formula is C19H22N2O3. The number of primary amides is 1. The summed E-state index contributed by atoms with van der Waals surface area (Å²) in [6.07, 6.45) is 0. The smallest absolute Gasteiger partial charge is 0.258 e. The lowest BCUT2D eigenvalue weighted by atomic mass is 9.85. The average molecular weight is 326 g/mol. The van der Waals surface area contributed by atoms with E-state index in [-0.39, 0.29) is 5.91 Å². The molecule has 2 aromatic carbocycles. The molecule has 0 radical (unpaired) electrons. The van der Waals surface area contributed by atoms with Crippen LogP contribution in [0.3, 0.4) is 0 Å². The Balaban J connectivity index is 2.41. The number of benzene rings is 2. The van der Waals surface area contributed by atoms with Crippen LogP contribution in [-0.2, 0) is 10.4 Å². The second kappa shape index (κ2) is 7.27. The van der Waals surface area contributed by atoms with Crippen LogP contribution in [0.4, 0.5) is 0 Å². The van der Waals surface area contributed by atoms with Crippen molar-refractivity contribution in [2.24, 2.45) is 5.73 Å². The first-order chi connectivity index (χ1) is 11.4. The quantitative estimate of drug-likeness (QED) is 0.850. The van der Waals surface area contributed by atoms with Crippen LogP contribution in [0.15, 0.2) is 54.6 Å². The zero-order chi connectivity index (χ0) is 17.7. The fraction of sp³-hybridized carbons (Fsp3) is 0.263.